The van der Waals surface area contributed by atoms with E-state index >= 15 is 4.39 Å². The number of aromatic nitrogens is 4. The summed E-state index contributed by atoms with van der Waals surface area (Å²) in [6, 6.07) is 24.9. The Balaban J connectivity index is 1.35. The van der Waals surface area contributed by atoms with Crippen molar-refractivity contribution >= 4 is 45.0 Å². The zero-order valence-corrected chi connectivity index (χ0v) is 27.9. The van der Waals surface area contributed by atoms with Gasteiger partial charge in [-0.15, -0.1) is 11.3 Å². The van der Waals surface area contributed by atoms with Gasteiger partial charge in [0.15, 0.2) is 5.65 Å². The highest BCUT2D eigenvalue weighted by Gasteiger charge is 2.27. The molecule has 0 aliphatic rings. The van der Waals surface area contributed by atoms with Gasteiger partial charge in [-0.25, -0.2) is 23.8 Å². The zero-order chi connectivity index (χ0) is 34.1. The summed E-state index contributed by atoms with van der Waals surface area (Å²) < 4.78 is 28.8. The molecule has 0 aliphatic heterocycles. The van der Waals surface area contributed by atoms with Gasteiger partial charge in [-0.1, -0.05) is 54.6 Å². The quantitative estimate of drug-likeness (QED) is 0.157. The molecular weight excluding hydrogens is 640 g/mol. The number of fused-ring (bicyclic) bond motifs is 2. The molecule has 3 aromatic carbocycles. The molecule has 7 aromatic rings. The molecule has 0 bridgehead atoms. The Morgan fingerprint density at radius 2 is 1.80 bits per heavy atom. The van der Waals surface area contributed by atoms with Crippen LogP contribution in [0.3, 0.4) is 0 Å². The number of nitrogens with two attached hydrogens (primary N) is 1. The van der Waals surface area contributed by atoms with Crippen LogP contribution in [0.5, 0.6) is 5.75 Å². The van der Waals surface area contributed by atoms with Gasteiger partial charge in [0.1, 0.15) is 47.8 Å². The van der Waals surface area contributed by atoms with Gasteiger partial charge in [0, 0.05) is 38.9 Å². The monoisotopic (exact) mass is 672 g/mol. The van der Waals surface area contributed by atoms with Gasteiger partial charge in [0.2, 0.25) is 0 Å². The number of nitrogen functional groups attached to an aromatic ring is 1. The normalized spacial score (nSPS) is 12.4. The van der Waals surface area contributed by atoms with Crippen LogP contribution < -0.4 is 16.1 Å². The minimum absolute atomic E-state index is 0.182. The summed E-state index contributed by atoms with van der Waals surface area (Å²) in [6.07, 6.45) is 5.55. The van der Waals surface area contributed by atoms with Gasteiger partial charge >= 0.3 is 5.63 Å². The van der Waals surface area contributed by atoms with E-state index in [4.69, 9.17) is 20.0 Å². The Morgan fingerprint density at radius 1 is 1.02 bits per heavy atom. The molecule has 9 nitrogen and oxygen atoms in total. The largest absolute Gasteiger partial charge is 0.489 e. The minimum atomic E-state index is -0.630. The van der Waals surface area contributed by atoms with Crippen LogP contribution in [-0.2, 0) is 6.61 Å². The SMILES string of the molecule is CC(c1oc(=O)c2ccccc2c1-c1ccc(/C=C/CN(C)C)s1)n1nc(-c2cc(F)cc(OCc3ccccc3)c2)c2c(N)ncnc21. The van der Waals surface area contributed by atoms with E-state index in [1.54, 1.807) is 28.2 Å². The maximum atomic E-state index is 15.1. The number of anilines is 1. The molecular formula is C38H33FN6O3S. The lowest BCUT2D eigenvalue weighted by atomic mass is 10.0. The molecule has 0 fully saturated rings. The molecule has 0 amide bonds. The Kier molecular flexibility index (Phi) is 8.77. The van der Waals surface area contributed by atoms with Crippen molar-refractivity contribution in [2.75, 3.05) is 26.4 Å². The van der Waals surface area contributed by atoms with E-state index < -0.39 is 17.5 Å². The number of thiophene rings is 1. The third-order valence-electron chi connectivity index (χ3n) is 8.15. The van der Waals surface area contributed by atoms with Crippen molar-refractivity contribution in [1.29, 1.82) is 0 Å². The third kappa shape index (κ3) is 6.46. The molecule has 49 heavy (non-hydrogen) atoms. The maximum absolute atomic E-state index is 15.1. The number of rotatable bonds is 10. The number of benzene rings is 3. The van der Waals surface area contributed by atoms with E-state index in [1.165, 1.54) is 18.5 Å². The molecule has 7 rings (SSSR count). The summed E-state index contributed by atoms with van der Waals surface area (Å²) in [7, 11) is 4.04. The van der Waals surface area contributed by atoms with Crippen LogP contribution in [0.2, 0.25) is 0 Å². The summed E-state index contributed by atoms with van der Waals surface area (Å²) in [5.74, 6) is 0.430. The van der Waals surface area contributed by atoms with E-state index in [0.717, 1.165) is 32.8 Å². The average molecular weight is 673 g/mol. The first kappa shape index (κ1) is 31.9. The molecule has 4 heterocycles. The van der Waals surface area contributed by atoms with Crippen LogP contribution in [0.1, 0.15) is 29.2 Å². The number of halogens is 1. The van der Waals surface area contributed by atoms with Gasteiger partial charge in [0.25, 0.3) is 0 Å². The van der Waals surface area contributed by atoms with Crippen molar-refractivity contribution in [2.24, 2.45) is 0 Å². The standard InChI is InChI=1S/C38H33FN6O3S/c1-23(35-32(29-13-7-8-14-30(29)38(46)48-35)31-16-15-28(49-31)12-9-17-44(2)3)45-37-33(36(40)41-22-42-37)34(43-45)25-18-26(39)20-27(19-25)47-21-24-10-5-4-6-11-24/h4-16,18-20,22-23H,17,21H2,1-3H3,(H2,40,41,42)/b12-9+. The van der Waals surface area contributed by atoms with Crippen molar-refractivity contribution in [1.82, 2.24) is 24.6 Å². The number of likely N-dealkylation sites (N-methyl/N-ethyl adjacent to an activating group) is 1. The summed E-state index contributed by atoms with van der Waals surface area (Å²) in [5, 5.41) is 6.63. The van der Waals surface area contributed by atoms with E-state index in [9.17, 15) is 4.79 Å². The van der Waals surface area contributed by atoms with Crippen molar-refractivity contribution in [3.05, 3.63) is 130 Å². The lowest BCUT2D eigenvalue weighted by Crippen LogP contribution is -2.14. The Morgan fingerprint density at radius 3 is 2.59 bits per heavy atom. The van der Waals surface area contributed by atoms with Crippen molar-refractivity contribution in [3.8, 4) is 27.4 Å². The van der Waals surface area contributed by atoms with Crippen LogP contribution in [0, 0.1) is 5.82 Å². The molecule has 4 aromatic heterocycles. The second kappa shape index (κ2) is 13.5. The Hall–Kier alpha value is -5.65. The summed E-state index contributed by atoms with van der Waals surface area (Å²) in [4.78, 5) is 26.3. The lowest BCUT2D eigenvalue weighted by Gasteiger charge is -2.17. The fourth-order valence-electron chi connectivity index (χ4n) is 5.82. The fourth-order valence-corrected chi connectivity index (χ4v) is 6.83. The van der Waals surface area contributed by atoms with Crippen LogP contribution in [0.15, 0.2) is 107 Å². The van der Waals surface area contributed by atoms with Crippen LogP contribution in [0.25, 0.3) is 49.6 Å². The number of ether oxygens (including phenoxy) is 1. The van der Waals surface area contributed by atoms with Gasteiger partial charge in [-0.05, 0) is 63.0 Å². The molecule has 1 atom stereocenters. The Bertz CT molecular complexity index is 2380. The first-order valence-electron chi connectivity index (χ1n) is 15.7. The molecule has 2 N–H and O–H groups in total. The molecule has 0 aliphatic carbocycles. The number of hydrogen-bond acceptors (Lipinski definition) is 9. The minimum Gasteiger partial charge on any atom is -0.489 e. The highest BCUT2D eigenvalue weighted by Crippen LogP contribution is 2.41. The van der Waals surface area contributed by atoms with Crippen molar-refractivity contribution in [2.45, 2.75) is 19.6 Å². The Labute approximate surface area is 285 Å². The highest BCUT2D eigenvalue weighted by molar-refractivity contribution is 7.16. The van der Waals surface area contributed by atoms with Crippen LogP contribution >= 0.6 is 11.3 Å². The molecule has 246 valence electrons. The van der Waals surface area contributed by atoms with E-state index in [1.807, 2.05) is 75.6 Å². The van der Waals surface area contributed by atoms with Gasteiger partial charge in [-0.3, -0.25) is 0 Å². The second-order valence-corrected chi connectivity index (χ2v) is 13.0. The molecule has 1 unspecified atom stereocenters. The average Bonchev–Trinajstić information content (AvgIpc) is 3.73. The number of nitrogens with zero attached hydrogens (tertiary/aromatic N) is 5. The summed E-state index contributed by atoms with van der Waals surface area (Å²) in [5.41, 5.74) is 8.92. The molecule has 11 heteroatoms. The molecule has 0 saturated heterocycles. The topological polar surface area (TPSA) is 112 Å². The van der Waals surface area contributed by atoms with Crippen LogP contribution in [-0.4, -0.2) is 45.3 Å². The lowest BCUT2D eigenvalue weighted by molar-refractivity contribution is 0.305. The van der Waals surface area contributed by atoms with Gasteiger partial charge in [-0.2, -0.15) is 5.10 Å². The third-order valence-corrected chi connectivity index (χ3v) is 9.22. The smallest absolute Gasteiger partial charge is 0.343 e. The van der Waals surface area contributed by atoms with Gasteiger partial charge < -0.3 is 19.8 Å². The fraction of sp³-hybridized carbons (Fsp3) is 0.158. The predicted molar refractivity (Wildman–Crippen MR) is 193 cm³/mol. The second-order valence-electron chi connectivity index (χ2n) is 11.9. The summed E-state index contributed by atoms with van der Waals surface area (Å²) in [6.45, 7) is 2.96. The maximum Gasteiger partial charge on any atom is 0.343 e. The van der Waals surface area contributed by atoms with E-state index in [2.05, 4.69) is 33.1 Å². The number of hydrogen-bond donors (Lipinski definition) is 1. The molecule has 0 spiro atoms. The molecule has 0 saturated carbocycles. The van der Waals surface area contributed by atoms with E-state index in [0.29, 0.717) is 39.2 Å². The van der Waals surface area contributed by atoms with Gasteiger partial charge in [0.05, 0.1) is 10.8 Å². The highest BCUT2D eigenvalue weighted by atomic mass is 32.1. The molecule has 0 radical (unpaired) electrons. The predicted octanol–water partition coefficient (Wildman–Crippen LogP) is 7.81. The zero-order valence-electron chi connectivity index (χ0n) is 27.1. The van der Waals surface area contributed by atoms with Crippen molar-refractivity contribution < 1.29 is 13.5 Å². The summed E-state index contributed by atoms with van der Waals surface area (Å²) >= 11 is 1.60. The first-order valence-corrected chi connectivity index (χ1v) is 16.5. The van der Waals surface area contributed by atoms with Crippen molar-refractivity contribution in [3.63, 3.8) is 0 Å². The van der Waals surface area contributed by atoms with E-state index in [-0.39, 0.29) is 12.4 Å². The first-order chi connectivity index (χ1) is 23.8. The van der Waals surface area contributed by atoms with Crippen LogP contribution in [0.4, 0.5) is 10.2 Å².